The van der Waals surface area contributed by atoms with Crippen LogP contribution < -0.4 is 4.74 Å². The van der Waals surface area contributed by atoms with Crippen LogP contribution in [-0.2, 0) is 21.2 Å². The molecular formula is C19H22ClNO4S2. The van der Waals surface area contributed by atoms with E-state index < -0.39 is 9.84 Å². The van der Waals surface area contributed by atoms with Gasteiger partial charge in [0.1, 0.15) is 5.75 Å². The number of ether oxygens (including phenoxy) is 1. The van der Waals surface area contributed by atoms with E-state index in [9.17, 15) is 13.2 Å². The van der Waals surface area contributed by atoms with E-state index >= 15 is 0 Å². The van der Waals surface area contributed by atoms with E-state index in [-0.39, 0.29) is 30.1 Å². The van der Waals surface area contributed by atoms with E-state index in [1.807, 2.05) is 31.4 Å². The molecule has 1 saturated heterocycles. The number of carbonyl (C=O) groups is 1. The fourth-order valence-electron chi connectivity index (χ4n) is 3.23. The number of halogens is 1. The number of hydrogen-bond acceptors (Lipinski definition) is 5. The van der Waals surface area contributed by atoms with E-state index in [4.69, 9.17) is 16.3 Å². The first-order valence-corrected chi connectivity index (χ1v) is 11.7. The molecule has 0 aliphatic carbocycles. The molecule has 0 spiro atoms. The highest BCUT2D eigenvalue weighted by Gasteiger charge is 2.35. The van der Waals surface area contributed by atoms with Gasteiger partial charge in [-0.3, -0.25) is 4.79 Å². The van der Waals surface area contributed by atoms with Gasteiger partial charge in [-0.15, -0.1) is 11.3 Å². The van der Waals surface area contributed by atoms with Crippen molar-refractivity contribution in [3.8, 4) is 5.75 Å². The van der Waals surface area contributed by atoms with Gasteiger partial charge in [-0.05, 0) is 55.0 Å². The maximum absolute atomic E-state index is 12.9. The predicted molar refractivity (Wildman–Crippen MR) is 108 cm³/mol. The van der Waals surface area contributed by atoms with Crippen molar-refractivity contribution in [2.24, 2.45) is 0 Å². The normalized spacial score (nSPS) is 18.4. The van der Waals surface area contributed by atoms with E-state index in [1.165, 1.54) is 0 Å². The fraction of sp³-hybridized carbons (Fsp3) is 0.421. The molecule has 3 rings (SSSR count). The fourth-order valence-corrected chi connectivity index (χ4v) is 5.77. The zero-order valence-electron chi connectivity index (χ0n) is 15.3. The van der Waals surface area contributed by atoms with Crippen LogP contribution in [-0.4, -0.2) is 43.4 Å². The van der Waals surface area contributed by atoms with Gasteiger partial charge in [0.15, 0.2) is 16.4 Å². The first-order chi connectivity index (χ1) is 12.7. The average Bonchev–Trinajstić information content (AvgIpc) is 3.24. The molecule has 1 aliphatic heterocycles. The molecule has 1 amide bonds. The zero-order valence-corrected chi connectivity index (χ0v) is 17.7. The molecule has 0 bridgehead atoms. The van der Waals surface area contributed by atoms with Crippen molar-refractivity contribution < 1.29 is 17.9 Å². The summed E-state index contributed by atoms with van der Waals surface area (Å²) in [6.07, 6.45) is 0.471. The second kappa shape index (κ2) is 8.20. The van der Waals surface area contributed by atoms with E-state index in [2.05, 4.69) is 0 Å². The van der Waals surface area contributed by atoms with Crippen molar-refractivity contribution in [3.63, 3.8) is 0 Å². The van der Waals surface area contributed by atoms with Crippen LogP contribution in [0.4, 0.5) is 0 Å². The summed E-state index contributed by atoms with van der Waals surface area (Å²) >= 11 is 7.72. The molecule has 0 saturated carbocycles. The van der Waals surface area contributed by atoms with Gasteiger partial charge in [-0.25, -0.2) is 8.42 Å². The van der Waals surface area contributed by atoms with E-state index in [0.717, 1.165) is 16.0 Å². The zero-order chi connectivity index (χ0) is 19.6. The van der Waals surface area contributed by atoms with Gasteiger partial charge in [0.25, 0.3) is 5.91 Å². The van der Waals surface area contributed by atoms with Crippen molar-refractivity contribution >= 4 is 38.7 Å². The molecule has 2 heterocycles. The Morgan fingerprint density at radius 2 is 2.04 bits per heavy atom. The summed E-state index contributed by atoms with van der Waals surface area (Å²) in [5, 5.41) is 2.63. The van der Waals surface area contributed by atoms with Gasteiger partial charge in [-0.2, -0.15) is 0 Å². The van der Waals surface area contributed by atoms with Gasteiger partial charge in [-0.1, -0.05) is 17.7 Å². The Kier molecular flexibility index (Phi) is 6.13. The molecular weight excluding hydrogens is 406 g/mol. The van der Waals surface area contributed by atoms with Gasteiger partial charge in [0.05, 0.1) is 18.1 Å². The minimum absolute atomic E-state index is 0.0171. The maximum Gasteiger partial charge on any atom is 0.261 e. The highest BCUT2D eigenvalue weighted by atomic mass is 35.5. The maximum atomic E-state index is 12.9. The minimum Gasteiger partial charge on any atom is -0.484 e. The lowest BCUT2D eigenvalue weighted by atomic mass is 10.1. The molecule has 1 aliphatic rings. The van der Waals surface area contributed by atoms with Crippen LogP contribution in [0.25, 0.3) is 0 Å². The molecule has 2 aromatic rings. The lowest BCUT2D eigenvalue weighted by molar-refractivity contribution is -0.135. The quantitative estimate of drug-likeness (QED) is 0.706. The van der Waals surface area contributed by atoms with Crippen molar-refractivity contribution in [3.05, 3.63) is 50.7 Å². The predicted octanol–water partition coefficient (Wildman–Crippen LogP) is 3.61. The minimum atomic E-state index is -3.08. The Hall–Kier alpha value is -1.57. The van der Waals surface area contributed by atoms with Crippen LogP contribution >= 0.6 is 22.9 Å². The van der Waals surface area contributed by atoms with Crippen LogP contribution in [0, 0.1) is 13.8 Å². The number of hydrogen-bond donors (Lipinski definition) is 0. The second-order valence-electron chi connectivity index (χ2n) is 6.82. The summed E-state index contributed by atoms with van der Waals surface area (Å²) in [5.74, 6) is 0.514. The molecule has 0 radical (unpaired) electrons. The van der Waals surface area contributed by atoms with Crippen LogP contribution in [0.3, 0.4) is 0 Å². The van der Waals surface area contributed by atoms with Crippen LogP contribution in [0.2, 0.25) is 5.02 Å². The number of nitrogens with zero attached hydrogens (tertiary/aromatic N) is 1. The molecule has 1 aromatic heterocycles. The number of benzene rings is 1. The van der Waals surface area contributed by atoms with Crippen LogP contribution in [0.15, 0.2) is 29.6 Å². The Morgan fingerprint density at radius 1 is 1.33 bits per heavy atom. The number of aryl methyl sites for hydroxylation is 2. The van der Waals surface area contributed by atoms with Gasteiger partial charge in [0.2, 0.25) is 0 Å². The molecule has 1 unspecified atom stereocenters. The molecule has 1 aromatic carbocycles. The number of sulfone groups is 1. The number of thiophene rings is 1. The third-order valence-electron chi connectivity index (χ3n) is 4.65. The van der Waals surface area contributed by atoms with E-state index in [0.29, 0.717) is 23.7 Å². The largest absolute Gasteiger partial charge is 0.484 e. The number of rotatable bonds is 6. The molecule has 5 nitrogen and oxygen atoms in total. The summed E-state index contributed by atoms with van der Waals surface area (Å²) in [5.41, 5.74) is 1.77. The molecule has 146 valence electrons. The van der Waals surface area contributed by atoms with Crippen LogP contribution in [0.5, 0.6) is 5.75 Å². The molecule has 8 heteroatoms. The first-order valence-electron chi connectivity index (χ1n) is 8.67. The summed E-state index contributed by atoms with van der Waals surface area (Å²) in [7, 11) is -3.08. The molecule has 27 heavy (non-hydrogen) atoms. The van der Waals surface area contributed by atoms with Crippen LogP contribution in [0.1, 0.15) is 22.4 Å². The molecule has 0 N–H and O–H groups in total. The second-order valence-corrected chi connectivity index (χ2v) is 10.5. The summed E-state index contributed by atoms with van der Waals surface area (Å²) < 4.78 is 29.5. The summed E-state index contributed by atoms with van der Waals surface area (Å²) in [6, 6.07) is 7.16. The Labute approximate surface area is 168 Å². The smallest absolute Gasteiger partial charge is 0.261 e. The summed E-state index contributed by atoms with van der Waals surface area (Å²) in [6.45, 7) is 4.04. The third-order valence-corrected chi connectivity index (χ3v) is 7.86. The van der Waals surface area contributed by atoms with Crippen molar-refractivity contribution in [1.82, 2.24) is 4.90 Å². The number of amides is 1. The van der Waals surface area contributed by atoms with E-state index in [1.54, 1.807) is 28.4 Å². The Bertz CT molecular complexity index is 902. The Balaban J connectivity index is 1.72. The highest BCUT2D eigenvalue weighted by Crippen LogP contribution is 2.26. The van der Waals surface area contributed by atoms with Gasteiger partial charge < -0.3 is 9.64 Å². The summed E-state index contributed by atoms with van der Waals surface area (Å²) in [4.78, 5) is 15.5. The first kappa shape index (κ1) is 20.2. The lowest BCUT2D eigenvalue weighted by Crippen LogP contribution is -2.42. The number of carbonyl (C=O) groups excluding carboxylic acids is 1. The van der Waals surface area contributed by atoms with Crippen molar-refractivity contribution in [2.75, 3.05) is 18.1 Å². The SMILES string of the molecule is Cc1cc(OCC(=O)N(Cc2cccs2)C2CCS(=O)(=O)C2)cc(C)c1Cl. The Morgan fingerprint density at radius 3 is 2.59 bits per heavy atom. The van der Waals surface area contributed by atoms with Crippen molar-refractivity contribution in [1.29, 1.82) is 0 Å². The monoisotopic (exact) mass is 427 g/mol. The van der Waals surface area contributed by atoms with Gasteiger partial charge >= 0.3 is 0 Å². The van der Waals surface area contributed by atoms with Gasteiger partial charge in [0, 0.05) is 15.9 Å². The average molecular weight is 428 g/mol. The molecule has 1 fully saturated rings. The highest BCUT2D eigenvalue weighted by molar-refractivity contribution is 7.91. The molecule has 1 atom stereocenters. The third kappa shape index (κ3) is 5.03. The lowest BCUT2D eigenvalue weighted by Gasteiger charge is -2.28. The van der Waals surface area contributed by atoms with Crippen molar-refractivity contribution in [2.45, 2.75) is 32.9 Å². The standard InChI is InChI=1S/C19H22ClNO4S2/c1-13-8-16(9-14(2)19(13)20)25-11-18(22)21(10-17-4-3-6-26-17)15-5-7-27(23,24)12-15/h3-4,6,8-9,15H,5,7,10-12H2,1-2H3. The topological polar surface area (TPSA) is 63.7 Å².